The molecule has 10 atom stereocenters. The zero-order chi connectivity index (χ0) is 104. The Bertz CT molecular complexity index is 4620. The number of ether oxygens (including phenoxy) is 14. The van der Waals surface area contributed by atoms with Crippen molar-refractivity contribution < 1.29 is 148 Å². The van der Waals surface area contributed by atoms with Crippen molar-refractivity contribution in [2.24, 2.45) is 5.41 Å². The fourth-order valence-corrected chi connectivity index (χ4v) is 15.9. The van der Waals surface area contributed by atoms with Crippen LogP contribution in [0.5, 0.6) is 34.5 Å². The molecule has 4 aliphatic heterocycles. The molecule has 3 aromatic carbocycles. The summed E-state index contributed by atoms with van der Waals surface area (Å²) in [5.74, 6) is 5.72. The molecule has 4 N–H and O–H groups in total. The maximum Gasteiger partial charge on any atom is 0.408 e. The van der Waals surface area contributed by atoms with Crippen molar-refractivity contribution in [2.75, 3.05) is 140 Å². The lowest BCUT2D eigenvalue weighted by Gasteiger charge is -2.22. The normalized spacial score (nSPS) is 15.7. The van der Waals surface area contributed by atoms with Gasteiger partial charge in [-0.3, -0.25) is 91.5 Å². The minimum Gasteiger partial charge on any atom is -0.494 e. The molecular weight excluding hydrogens is 1920 g/mol. The first-order valence-electron chi connectivity index (χ1n) is 47.6. The molecule has 10 unspecified atom stereocenters. The lowest BCUT2D eigenvalue weighted by atomic mass is 9.86. The molecule has 142 heavy (non-hydrogen) atoms. The van der Waals surface area contributed by atoms with Gasteiger partial charge in [0.05, 0.1) is 129 Å². The monoisotopic (exact) mass is 2070 g/mol. The van der Waals surface area contributed by atoms with Gasteiger partial charge in [-0.25, -0.2) is 9.59 Å². The van der Waals surface area contributed by atoms with Crippen LogP contribution in [0.15, 0.2) is 48.5 Å². The number of amides is 12. The summed E-state index contributed by atoms with van der Waals surface area (Å²) in [6.07, 6.45) is 8.17. The number of aryl methyl sites for hydroxylation is 2. The Morgan fingerprint density at radius 1 is 0.465 bits per heavy atom. The highest BCUT2D eigenvalue weighted by atomic mass is 31.0. The van der Waals surface area contributed by atoms with Gasteiger partial charge in [0, 0.05) is 129 Å². The third-order valence-electron chi connectivity index (χ3n) is 22.1. The highest BCUT2D eigenvalue weighted by molar-refractivity contribution is 7.20. The average Bonchev–Trinajstić information content (AvgIpc) is 1.82. The topological polar surface area (TPSA) is 480 Å². The van der Waals surface area contributed by atoms with Crippen molar-refractivity contribution >= 4 is 138 Å². The van der Waals surface area contributed by atoms with Crippen LogP contribution in [0.2, 0.25) is 0 Å². The largest absolute Gasteiger partial charge is 0.494 e. The Morgan fingerprint density at radius 2 is 0.937 bits per heavy atom. The first kappa shape index (κ1) is 126. The average molecular weight is 2070 g/mol. The number of Topliss-reactive ketones (excluding diaryl/α,β-unsaturated/α-hetero) is 3. The maximum absolute atomic E-state index is 12.6. The van der Waals surface area contributed by atoms with Crippen LogP contribution in [0.25, 0.3) is 0 Å². The number of esters is 2. The second kappa shape index (κ2) is 70.3. The van der Waals surface area contributed by atoms with E-state index in [1.54, 1.807) is 32.0 Å². The smallest absolute Gasteiger partial charge is 0.408 e. The molecule has 12 amide bonds. The van der Waals surface area contributed by atoms with E-state index in [0.717, 1.165) is 65.2 Å². The zero-order valence-corrected chi connectivity index (χ0v) is 88.2. The van der Waals surface area contributed by atoms with E-state index in [-0.39, 0.29) is 275 Å². The van der Waals surface area contributed by atoms with E-state index < -0.39 is 29.6 Å². The predicted octanol–water partition coefficient (Wildman–Crippen LogP) is 9.73. The van der Waals surface area contributed by atoms with E-state index in [1.807, 2.05) is 71.9 Å². The SMILES string of the molecule is C.CC#CCNC(=O)OCc1cc(C)c(OCCCC(=O)CCN2C(=O)CC(P)C2=O)c(OC)c1.CCOC(=O)C(C)(C)CCCc1ccc(OCCCC(=O)CCN2C(=O)CC(P)C2=O)cc1.CCOC(=O)CCC(CC(=O)NCCOCCOCCN1C(=O)CC(P)C1=O)NC(=O)OCc1cc(OC)c(OC)c(OC)c1.CCOC(C)OCCCC(=O)CCCCCNC(=O)CCN1C(=O)CC(P)C1=O. The molecule has 4 saturated heterocycles. The van der Waals surface area contributed by atoms with Gasteiger partial charge in [-0.15, -0.1) is 42.9 Å². The minimum atomic E-state index is -0.777. The van der Waals surface area contributed by atoms with E-state index in [0.29, 0.717) is 112 Å². The van der Waals surface area contributed by atoms with Gasteiger partial charge in [0.15, 0.2) is 29.3 Å². The Hall–Kier alpha value is -10.4. The second-order valence-electron chi connectivity index (χ2n) is 33.7. The molecule has 0 aromatic heterocycles. The van der Waals surface area contributed by atoms with Gasteiger partial charge < -0.3 is 87.6 Å². The molecule has 0 aliphatic carbocycles. The van der Waals surface area contributed by atoms with Gasteiger partial charge >= 0.3 is 24.1 Å². The number of nitrogens with one attached hydrogen (secondary N) is 4. The fraction of sp³-hybridized carbons (Fsp3) is 0.626. The molecule has 0 saturated carbocycles. The molecule has 39 nitrogen and oxygen atoms in total. The van der Waals surface area contributed by atoms with Crippen LogP contribution < -0.4 is 49.7 Å². The number of carbonyl (C=O) groups excluding carboxylic acids is 17. The number of hydrogen-bond acceptors (Lipinski definition) is 31. The number of methoxy groups -OCH3 is 4. The quantitative estimate of drug-likeness (QED) is 0.00776. The summed E-state index contributed by atoms with van der Waals surface area (Å²) in [5.41, 5.74) is 1.36. The molecule has 4 fully saturated rings. The number of alkyl carbamates (subject to hydrolysis) is 2. The second-order valence-corrected chi connectivity index (χ2v) is 36.9. The summed E-state index contributed by atoms with van der Waals surface area (Å²) in [7, 11) is 15.4. The van der Waals surface area contributed by atoms with E-state index in [1.165, 1.54) is 43.8 Å². The lowest BCUT2D eigenvalue weighted by Crippen LogP contribution is -2.40. The molecule has 4 heterocycles. The van der Waals surface area contributed by atoms with Crippen molar-refractivity contribution in [3.05, 3.63) is 70.8 Å². The van der Waals surface area contributed by atoms with E-state index in [9.17, 15) is 81.5 Å². The highest BCUT2D eigenvalue weighted by Gasteiger charge is 2.39. The van der Waals surface area contributed by atoms with Gasteiger partial charge in [0.25, 0.3) is 0 Å². The van der Waals surface area contributed by atoms with Crippen molar-refractivity contribution in [3.63, 3.8) is 0 Å². The molecule has 792 valence electrons. The number of imide groups is 4. The zero-order valence-electron chi connectivity index (χ0n) is 83.5. The molecular formula is C99H150N8O31P4. The number of unbranched alkanes of at least 4 members (excludes halogenated alkanes) is 2. The Kier molecular flexibility index (Phi) is 62.3. The minimum absolute atomic E-state index is 0. The third-order valence-corrected chi connectivity index (χ3v) is 24.2. The van der Waals surface area contributed by atoms with Crippen LogP contribution in [-0.4, -0.2) is 295 Å². The summed E-state index contributed by atoms with van der Waals surface area (Å²) in [4.78, 5) is 208. The van der Waals surface area contributed by atoms with Gasteiger partial charge in [0.1, 0.15) is 36.3 Å². The summed E-state index contributed by atoms with van der Waals surface area (Å²) in [5, 5.41) is 10.7. The lowest BCUT2D eigenvalue weighted by molar-refractivity contribution is -0.154. The van der Waals surface area contributed by atoms with Crippen LogP contribution in [0.1, 0.15) is 219 Å². The molecule has 0 radical (unpaired) electrons. The first-order valence-corrected chi connectivity index (χ1v) is 50.3. The number of rotatable bonds is 63. The number of likely N-dealkylation sites (tertiary alicyclic amines) is 4. The number of hydrogen-bond donors (Lipinski definition) is 4. The summed E-state index contributed by atoms with van der Waals surface area (Å²) < 4.78 is 75.1. The molecule has 4 aliphatic rings. The van der Waals surface area contributed by atoms with Crippen molar-refractivity contribution in [1.29, 1.82) is 0 Å². The van der Waals surface area contributed by atoms with Crippen LogP contribution in [0.4, 0.5) is 9.59 Å². The van der Waals surface area contributed by atoms with Gasteiger partial charge in [-0.05, 0) is 172 Å². The van der Waals surface area contributed by atoms with Gasteiger partial charge in [0.2, 0.25) is 64.8 Å². The molecule has 0 spiro atoms. The van der Waals surface area contributed by atoms with Crippen molar-refractivity contribution in [3.8, 4) is 46.3 Å². The van der Waals surface area contributed by atoms with E-state index in [2.05, 4.69) is 70.1 Å². The number of ketones is 3. The first-order chi connectivity index (χ1) is 67.4. The van der Waals surface area contributed by atoms with E-state index >= 15 is 0 Å². The number of benzene rings is 3. The standard InChI is InChI=1S/C29H44N3O12P.C25H36NO6P.C24H31N2O7P.C20H35N2O6P.CH4/c1-5-43-26(35)7-6-20(31-29(37)44-18-19-14-21(38-2)27(40-4)22(15-19)39-3)16-24(33)30-8-10-41-12-13-42-11-9-32-25(34)17-23(45)28(32)36;1-4-31-24(30)25(2,3)14-5-7-18-9-11-20(12-10-18)32-16-6-8-19(27)13-15-26-22(28)17-21(33)23(26)29;1-4-5-9-25-24(30)33-15-17-12-16(2)22(19(13-17)31-3)32-11-6-7-18(27)8-10-26-21(28)14-20(34)23(26)29;1-3-27-15(2)28-13-7-9-16(23)8-5-4-6-11-21-18(24)10-12-22-19(25)14-17(29)20(22)26;/h14-15,20,23H,5-13,16-18,45H2,1-4H3,(H,30,33)(H,31,37);9-12,21H,4-8,13-17,33H2,1-3H3;12-13,20H,6-11,14-15,34H2,1-3H3,(H,25,30);15,17H,3-14,29H2,1-2H3,(H,21,24);1H4. The van der Waals surface area contributed by atoms with Crippen LogP contribution in [0.3, 0.4) is 0 Å². The molecule has 3 aromatic rings. The van der Waals surface area contributed by atoms with Crippen LogP contribution >= 0.6 is 37.0 Å². The van der Waals surface area contributed by atoms with E-state index in [4.69, 9.17) is 66.3 Å². The fourth-order valence-electron chi connectivity index (χ4n) is 14.4. The molecule has 43 heteroatoms. The molecule has 0 bridgehead atoms. The Balaban J connectivity index is 0.000000492. The van der Waals surface area contributed by atoms with Crippen LogP contribution in [-0.2, 0) is 129 Å². The molecule has 7 rings (SSSR count). The predicted molar refractivity (Wildman–Crippen MR) is 540 cm³/mol. The summed E-state index contributed by atoms with van der Waals surface area (Å²) in [6.45, 7) is 19.6. The van der Waals surface area contributed by atoms with Crippen LogP contribution in [0, 0.1) is 24.2 Å². The summed E-state index contributed by atoms with van der Waals surface area (Å²) >= 11 is 0. The Morgan fingerprint density at radius 3 is 1.44 bits per heavy atom. The summed E-state index contributed by atoms with van der Waals surface area (Å²) in [6, 6.07) is 14.0. The van der Waals surface area contributed by atoms with Crippen molar-refractivity contribution in [2.45, 2.75) is 259 Å². The third kappa shape index (κ3) is 48.3. The number of nitrogens with zero attached hydrogens (tertiary/aromatic N) is 4. The van der Waals surface area contributed by atoms with Crippen molar-refractivity contribution in [1.82, 2.24) is 40.9 Å². The van der Waals surface area contributed by atoms with Gasteiger partial charge in [-0.1, -0.05) is 31.9 Å². The Labute approximate surface area is 843 Å². The number of carbonyl (C=O) groups is 17. The maximum atomic E-state index is 12.6. The van der Waals surface area contributed by atoms with Gasteiger partial charge in [-0.2, -0.15) is 0 Å². The highest BCUT2D eigenvalue weighted by Crippen LogP contribution is 2.39.